The van der Waals surface area contributed by atoms with Gasteiger partial charge in [-0.2, -0.15) is 0 Å². The van der Waals surface area contributed by atoms with Crippen LogP contribution in [0.3, 0.4) is 0 Å². The van der Waals surface area contributed by atoms with Crippen molar-refractivity contribution in [3.8, 4) is 11.5 Å². The van der Waals surface area contributed by atoms with Gasteiger partial charge in [-0.1, -0.05) is 48.5 Å². The number of hydrogen-bond acceptors (Lipinski definition) is 5. The lowest BCUT2D eigenvalue weighted by Crippen LogP contribution is -2.05. The SMILES string of the molecule is C=C(C)COc1c(Cl)cc(/C=C2\N=C(c3ccc4ccccc4c3)OC2=O)cc1OC. The zero-order valence-electron chi connectivity index (χ0n) is 17.1. The molecule has 4 rings (SSSR count). The number of nitrogens with zero attached hydrogens (tertiary/aromatic N) is 1. The summed E-state index contributed by atoms with van der Waals surface area (Å²) in [7, 11) is 1.52. The fraction of sp³-hybridized carbons (Fsp3) is 0.120. The highest BCUT2D eigenvalue weighted by molar-refractivity contribution is 6.32. The first-order chi connectivity index (χ1) is 14.9. The minimum atomic E-state index is -0.527. The molecule has 0 spiro atoms. The molecule has 3 aromatic carbocycles. The maximum atomic E-state index is 12.4. The number of aliphatic imine (C=N–C) groups is 1. The molecule has 0 aromatic heterocycles. The van der Waals surface area contributed by atoms with Gasteiger partial charge in [-0.05, 0) is 59.2 Å². The fourth-order valence-corrected chi connectivity index (χ4v) is 3.45. The Hall–Kier alpha value is -3.57. The van der Waals surface area contributed by atoms with Gasteiger partial charge in [0.05, 0.1) is 12.1 Å². The van der Waals surface area contributed by atoms with Crippen molar-refractivity contribution in [2.75, 3.05) is 13.7 Å². The Labute approximate surface area is 185 Å². The van der Waals surface area contributed by atoms with Crippen LogP contribution in [-0.4, -0.2) is 25.6 Å². The molecule has 0 amide bonds. The Bertz CT molecular complexity index is 1260. The molecule has 0 aliphatic carbocycles. The normalized spacial score (nSPS) is 14.5. The van der Waals surface area contributed by atoms with Gasteiger partial charge in [0.15, 0.2) is 17.2 Å². The van der Waals surface area contributed by atoms with E-state index >= 15 is 0 Å². The van der Waals surface area contributed by atoms with Gasteiger partial charge in [0.2, 0.25) is 5.90 Å². The van der Waals surface area contributed by atoms with Crippen LogP contribution in [0.25, 0.3) is 16.8 Å². The summed E-state index contributed by atoms with van der Waals surface area (Å²) < 4.78 is 16.5. The third-order valence-electron chi connectivity index (χ3n) is 4.63. The number of carbonyl (C=O) groups excluding carboxylic acids is 1. The standard InChI is InChI=1S/C25H20ClNO4/c1-15(2)14-30-23-20(26)10-16(12-22(23)29-3)11-21-25(28)31-24(27-21)19-9-8-17-6-4-5-7-18(17)13-19/h4-13H,1,14H2,2-3H3/b21-11-. The van der Waals surface area contributed by atoms with Gasteiger partial charge >= 0.3 is 5.97 Å². The van der Waals surface area contributed by atoms with Gasteiger partial charge in [-0.3, -0.25) is 0 Å². The molecule has 0 radical (unpaired) electrons. The first-order valence-electron chi connectivity index (χ1n) is 9.61. The highest BCUT2D eigenvalue weighted by Crippen LogP contribution is 2.37. The number of rotatable bonds is 6. The summed E-state index contributed by atoms with van der Waals surface area (Å²) in [6, 6.07) is 17.2. The predicted molar refractivity (Wildman–Crippen MR) is 123 cm³/mol. The lowest BCUT2D eigenvalue weighted by Gasteiger charge is -2.13. The van der Waals surface area contributed by atoms with E-state index in [0.29, 0.717) is 28.7 Å². The van der Waals surface area contributed by atoms with Crippen molar-refractivity contribution in [3.05, 3.63) is 88.6 Å². The van der Waals surface area contributed by atoms with E-state index in [9.17, 15) is 4.79 Å². The van der Waals surface area contributed by atoms with Crippen molar-refractivity contribution in [1.82, 2.24) is 0 Å². The maximum absolute atomic E-state index is 12.4. The molecule has 3 aromatic rings. The van der Waals surface area contributed by atoms with Crippen LogP contribution in [0.5, 0.6) is 11.5 Å². The lowest BCUT2D eigenvalue weighted by atomic mass is 10.1. The molecular formula is C25H20ClNO4. The molecular weight excluding hydrogens is 414 g/mol. The number of hydrogen-bond donors (Lipinski definition) is 0. The molecule has 0 atom stereocenters. The highest BCUT2D eigenvalue weighted by Gasteiger charge is 2.24. The van der Waals surface area contributed by atoms with Gasteiger partial charge in [0.25, 0.3) is 0 Å². The van der Waals surface area contributed by atoms with Crippen LogP contribution in [0, 0.1) is 0 Å². The zero-order valence-corrected chi connectivity index (χ0v) is 17.9. The van der Waals surface area contributed by atoms with Crippen LogP contribution < -0.4 is 9.47 Å². The Morgan fingerprint density at radius 1 is 1.16 bits per heavy atom. The molecule has 1 heterocycles. The Balaban J connectivity index is 1.66. The van der Waals surface area contributed by atoms with Crippen molar-refractivity contribution in [1.29, 1.82) is 0 Å². The molecule has 31 heavy (non-hydrogen) atoms. The summed E-state index contributed by atoms with van der Waals surface area (Å²) >= 11 is 6.38. The largest absolute Gasteiger partial charge is 0.493 e. The van der Waals surface area contributed by atoms with E-state index in [0.717, 1.165) is 21.9 Å². The third kappa shape index (κ3) is 4.47. The second-order valence-corrected chi connectivity index (χ2v) is 7.59. The Kier molecular flexibility index (Phi) is 5.78. The van der Waals surface area contributed by atoms with Gasteiger partial charge < -0.3 is 14.2 Å². The number of halogens is 1. The number of benzene rings is 3. The minimum absolute atomic E-state index is 0.178. The summed E-state index contributed by atoms with van der Waals surface area (Å²) in [5.41, 5.74) is 2.40. The summed E-state index contributed by atoms with van der Waals surface area (Å²) in [4.78, 5) is 16.8. The van der Waals surface area contributed by atoms with E-state index in [1.165, 1.54) is 7.11 Å². The number of cyclic esters (lactones) is 1. The van der Waals surface area contributed by atoms with Crippen LogP contribution in [0.2, 0.25) is 5.02 Å². The predicted octanol–water partition coefficient (Wildman–Crippen LogP) is 5.80. The highest BCUT2D eigenvalue weighted by atomic mass is 35.5. The Morgan fingerprint density at radius 3 is 2.68 bits per heavy atom. The molecule has 0 fully saturated rings. The van der Waals surface area contributed by atoms with E-state index in [1.54, 1.807) is 18.2 Å². The van der Waals surface area contributed by atoms with Crippen LogP contribution in [0.4, 0.5) is 0 Å². The molecule has 0 saturated carbocycles. The molecule has 156 valence electrons. The summed E-state index contributed by atoms with van der Waals surface area (Å²) in [6.45, 7) is 5.99. The topological polar surface area (TPSA) is 57.1 Å². The van der Waals surface area contributed by atoms with Gasteiger partial charge in [0.1, 0.15) is 6.61 Å². The van der Waals surface area contributed by atoms with E-state index < -0.39 is 5.97 Å². The molecule has 0 saturated heterocycles. The summed E-state index contributed by atoms with van der Waals surface area (Å²) in [6.07, 6.45) is 1.60. The van der Waals surface area contributed by atoms with Crippen molar-refractivity contribution in [2.24, 2.45) is 4.99 Å². The number of esters is 1. The summed E-state index contributed by atoms with van der Waals surface area (Å²) in [5.74, 6) is 0.608. The van der Waals surface area contributed by atoms with E-state index in [2.05, 4.69) is 11.6 Å². The second kappa shape index (κ2) is 8.66. The summed E-state index contributed by atoms with van der Waals surface area (Å²) in [5, 5.41) is 2.50. The van der Waals surface area contributed by atoms with Crippen molar-refractivity contribution in [2.45, 2.75) is 6.92 Å². The van der Waals surface area contributed by atoms with Gasteiger partial charge in [-0.25, -0.2) is 9.79 Å². The van der Waals surface area contributed by atoms with Crippen molar-refractivity contribution in [3.63, 3.8) is 0 Å². The number of fused-ring (bicyclic) bond motifs is 1. The number of ether oxygens (including phenoxy) is 3. The molecule has 0 unspecified atom stereocenters. The second-order valence-electron chi connectivity index (χ2n) is 7.18. The van der Waals surface area contributed by atoms with Crippen LogP contribution in [-0.2, 0) is 9.53 Å². The van der Waals surface area contributed by atoms with Gasteiger partial charge in [-0.15, -0.1) is 0 Å². The van der Waals surface area contributed by atoms with Crippen LogP contribution in [0.15, 0.2) is 77.4 Å². The fourth-order valence-electron chi connectivity index (χ4n) is 3.17. The first-order valence-corrected chi connectivity index (χ1v) is 9.99. The smallest absolute Gasteiger partial charge is 0.363 e. The number of carbonyl (C=O) groups is 1. The molecule has 0 N–H and O–H groups in total. The molecule has 6 heteroatoms. The third-order valence-corrected chi connectivity index (χ3v) is 4.92. The lowest BCUT2D eigenvalue weighted by molar-refractivity contribution is -0.129. The van der Waals surface area contributed by atoms with E-state index in [4.69, 9.17) is 25.8 Å². The molecule has 0 bridgehead atoms. The van der Waals surface area contributed by atoms with Crippen LogP contribution >= 0.6 is 11.6 Å². The molecule has 1 aliphatic heterocycles. The minimum Gasteiger partial charge on any atom is -0.493 e. The molecule has 1 aliphatic rings. The first kappa shape index (κ1) is 20.7. The van der Waals surface area contributed by atoms with E-state index in [-0.39, 0.29) is 11.6 Å². The van der Waals surface area contributed by atoms with E-state index in [1.807, 2.05) is 49.4 Å². The number of methoxy groups -OCH3 is 1. The average Bonchev–Trinajstić information content (AvgIpc) is 3.12. The Morgan fingerprint density at radius 2 is 1.94 bits per heavy atom. The van der Waals surface area contributed by atoms with Crippen molar-refractivity contribution >= 4 is 40.3 Å². The zero-order chi connectivity index (χ0) is 22.0. The maximum Gasteiger partial charge on any atom is 0.363 e. The average molecular weight is 434 g/mol. The van der Waals surface area contributed by atoms with Gasteiger partial charge in [0, 0.05) is 5.56 Å². The quantitative estimate of drug-likeness (QED) is 0.280. The monoisotopic (exact) mass is 433 g/mol. The van der Waals surface area contributed by atoms with Crippen molar-refractivity contribution < 1.29 is 19.0 Å². The molecule has 5 nitrogen and oxygen atoms in total. The van der Waals surface area contributed by atoms with Crippen LogP contribution in [0.1, 0.15) is 18.1 Å².